The first kappa shape index (κ1) is 107. The molecule has 0 aromatic heterocycles. The van der Waals surface area contributed by atoms with Gasteiger partial charge in [-0.05, 0) is 109 Å². The number of unbranched alkanes of at least 4 members (excludes halogenated alkanes) is 39. The minimum Gasteiger partial charge on any atom is -0.394 e. The molecule has 0 radical (unpaired) electrons. The zero-order valence-corrected chi connectivity index (χ0v) is 72.9. The van der Waals surface area contributed by atoms with Crippen molar-refractivity contribution in [3.63, 3.8) is 0 Å². The quantitative estimate of drug-likeness (QED) is 0.0199. The summed E-state index contributed by atoms with van der Waals surface area (Å²) < 4.78 is 34.5. The van der Waals surface area contributed by atoms with Crippen molar-refractivity contribution in [3.05, 3.63) is 134 Å². The fraction of sp³-hybridized carbons (Fsp3) is 0.765. The van der Waals surface area contributed by atoms with E-state index in [1.807, 2.05) is 6.08 Å². The first-order valence-electron chi connectivity index (χ1n) is 46.9. The second-order valence-electron chi connectivity index (χ2n) is 32.7. The summed E-state index contributed by atoms with van der Waals surface area (Å²) in [5.74, 6) is -0.290. The summed E-state index contributed by atoms with van der Waals surface area (Å²) >= 11 is 0. The van der Waals surface area contributed by atoms with Gasteiger partial charge >= 0.3 is 0 Å². The minimum absolute atomic E-state index is 0.226. The Morgan fingerprint density at radius 2 is 0.598 bits per heavy atom. The molecule has 3 saturated heterocycles. The highest BCUT2D eigenvalue weighted by atomic mass is 16.8. The van der Waals surface area contributed by atoms with E-state index in [0.29, 0.717) is 12.8 Å². The summed E-state index contributed by atoms with van der Waals surface area (Å²) in [7, 11) is 0. The van der Waals surface area contributed by atoms with E-state index in [4.69, 9.17) is 28.4 Å². The van der Waals surface area contributed by atoms with Gasteiger partial charge in [-0.2, -0.15) is 0 Å². The van der Waals surface area contributed by atoms with Gasteiger partial charge in [0.2, 0.25) is 5.91 Å². The van der Waals surface area contributed by atoms with Crippen LogP contribution in [-0.4, -0.2) is 193 Å². The summed E-state index contributed by atoms with van der Waals surface area (Å²) in [5.41, 5.74) is 0. The molecule has 19 nitrogen and oxygen atoms in total. The van der Waals surface area contributed by atoms with Crippen LogP contribution in [0.2, 0.25) is 0 Å². The van der Waals surface area contributed by atoms with Crippen molar-refractivity contribution in [2.45, 2.75) is 452 Å². The molecule has 19 heteroatoms. The molecule has 0 aromatic rings. The first-order chi connectivity index (χ1) is 57.3. The lowest BCUT2D eigenvalue weighted by Crippen LogP contribution is -2.66. The number of allylic oxidation sites excluding steroid dienone is 21. The van der Waals surface area contributed by atoms with Crippen LogP contribution in [0.1, 0.15) is 348 Å². The molecule has 0 saturated carbocycles. The Hall–Kier alpha value is -4.07. The van der Waals surface area contributed by atoms with Crippen LogP contribution in [0, 0.1) is 0 Å². The highest BCUT2D eigenvalue weighted by Gasteiger charge is 2.54. The lowest BCUT2D eigenvalue weighted by atomic mass is 9.96. The van der Waals surface area contributed by atoms with Crippen molar-refractivity contribution in [1.82, 2.24) is 5.32 Å². The number of hydrogen-bond donors (Lipinski definition) is 12. The maximum atomic E-state index is 13.5. The summed E-state index contributed by atoms with van der Waals surface area (Å²) in [4.78, 5) is 13.5. The molecule has 12 N–H and O–H groups in total. The number of ether oxygens (including phenoxy) is 6. The molecule has 0 aromatic carbocycles. The standard InChI is InChI=1S/C98H169NO18/c1-3-5-7-9-11-13-15-17-19-21-23-25-27-29-31-33-35-36-37-38-39-40-41-42-43-44-46-48-50-52-54-56-58-60-62-64-66-68-70-72-74-76-86(104)99-81(82(103)75-73-71-69-67-65-63-61-59-57-55-53-51-49-47-45-34-32-30-28-26-24-22-20-18-16-14-12-10-8-6-4-2)80-112-96-92(110)89(107)94(84(78-101)114-96)117-98-93(111)90(108)95(85(79-102)115-98)116-97-91(109)88(106)87(105)83(77-100)113-97/h5,7,11,13,17,19,23,25,29,31,35-36,38-39,41-42,57,59,65,67,73,75,81-85,87-98,100-103,105-111H,3-4,6,8-10,12,14-16,18,20-22,24,26-28,30,32-34,37,40,43-56,58,60-64,66,68-72,74,76-80H2,1-2H3,(H,99,104)/b7-5-,13-11-,19-17-,25-23-,31-29-,36-35-,39-38-,42-41-,59-57+,67-65+,75-73+. The Bertz CT molecular complexity index is 2630. The molecule has 0 spiro atoms. The van der Waals surface area contributed by atoms with Gasteiger partial charge < -0.3 is 89.9 Å². The third-order valence-corrected chi connectivity index (χ3v) is 22.4. The number of aliphatic hydroxyl groups excluding tert-OH is 11. The Balaban J connectivity index is 1.32. The molecule has 3 fully saturated rings. The molecule has 117 heavy (non-hydrogen) atoms. The number of carbonyl (C=O) groups is 1. The first-order valence-corrected chi connectivity index (χ1v) is 46.9. The molecule has 3 heterocycles. The molecule has 0 bridgehead atoms. The second kappa shape index (κ2) is 75.7. The smallest absolute Gasteiger partial charge is 0.220 e. The van der Waals surface area contributed by atoms with Gasteiger partial charge in [0.15, 0.2) is 18.9 Å². The number of aliphatic hydroxyl groups is 11. The zero-order valence-electron chi connectivity index (χ0n) is 72.9. The van der Waals surface area contributed by atoms with E-state index in [-0.39, 0.29) is 18.9 Å². The summed E-state index contributed by atoms with van der Waals surface area (Å²) in [5, 5.41) is 121. The minimum atomic E-state index is -1.99. The number of nitrogens with one attached hydrogen (secondary N) is 1. The van der Waals surface area contributed by atoms with Crippen LogP contribution in [0.5, 0.6) is 0 Å². The summed E-state index contributed by atoms with van der Waals surface area (Å²) in [6, 6.07) is -1.01. The van der Waals surface area contributed by atoms with E-state index in [1.165, 1.54) is 218 Å². The number of amides is 1. The lowest BCUT2D eigenvalue weighted by molar-refractivity contribution is -0.379. The largest absolute Gasteiger partial charge is 0.394 e. The van der Waals surface area contributed by atoms with E-state index in [9.17, 15) is 61.0 Å². The maximum Gasteiger partial charge on any atom is 0.220 e. The predicted molar refractivity (Wildman–Crippen MR) is 475 cm³/mol. The van der Waals surface area contributed by atoms with Crippen LogP contribution >= 0.6 is 0 Å². The van der Waals surface area contributed by atoms with Gasteiger partial charge in [-0.25, -0.2) is 0 Å². The SMILES string of the molecule is CC/C=C\C/C=C\C/C=C\C/C=C\C/C=C\C/C=C\C/C=C\C/C=C\CCCCCCCCCCCCCCCCCCC(=O)NC(COC1OC(CO)C(OC2OC(CO)C(OC3OC(CO)C(O)C(O)C3O)C(O)C2O)C(O)C1O)C(O)/C=C/CC/C=C/CC/C=C/CCCCCCCCCCCCCCCCCCCCCCC. The van der Waals surface area contributed by atoms with Gasteiger partial charge in [-0.1, -0.05) is 366 Å². The number of carbonyl (C=O) groups excluding carboxylic acids is 1. The molecule has 674 valence electrons. The summed E-state index contributed by atoms with van der Waals surface area (Å²) in [6.45, 7) is 1.63. The van der Waals surface area contributed by atoms with E-state index >= 15 is 0 Å². The van der Waals surface area contributed by atoms with E-state index in [2.05, 4.69) is 141 Å². The van der Waals surface area contributed by atoms with Crippen LogP contribution in [0.25, 0.3) is 0 Å². The molecule has 3 aliphatic rings. The average Bonchev–Trinajstić information content (AvgIpc) is 0.778. The Labute approximate surface area is 709 Å². The molecular weight excluding hydrogens is 1480 g/mol. The Morgan fingerprint density at radius 1 is 0.316 bits per heavy atom. The maximum absolute atomic E-state index is 13.5. The normalized spacial score (nSPS) is 25.0. The van der Waals surface area contributed by atoms with Crippen molar-refractivity contribution in [3.8, 4) is 0 Å². The second-order valence-corrected chi connectivity index (χ2v) is 32.7. The van der Waals surface area contributed by atoms with Gasteiger partial charge in [-0.15, -0.1) is 0 Å². The zero-order chi connectivity index (χ0) is 84.5. The van der Waals surface area contributed by atoms with Gasteiger partial charge in [0, 0.05) is 6.42 Å². The van der Waals surface area contributed by atoms with Crippen molar-refractivity contribution in [1.29, 1.82) is 0 Å². The third-order valence-electron chi connectivity index (χ3n) is 22.4. The van der Waals surface area contributed by atoms with Crippen LogP contribution in [0.4, 0.5) is 0 Å². The van der Waals surface area contributed by atoms with Crippen LogP contribution in [-0.2, 0) is 33.2 Å². The predicted octanol–water partition coefficient (Wildman–Crippen LogP) is 18.7. The van der Waals surface area contributed by atoms with Crippen molar-refractivity contribution in [2.24, 2.45) is 0 Å². The molecule has 3 rings (SSSR count). The monoisotopic (exact) mass is 1650 g/mol. The lowest BCUT2D eigenvalue weighted by Gasteiger charge is -2.48. The fourth-order valence-corrected chi connectivity index (χ4v) is 15.0. The Kier molecular flexibility index (Phi) is 69.3. The molecule has 3 aliphatic heterocycles. The number of rotatable bonds is 75. The Morgan fingerprint density at radius 3 is 0.957 bits per heavy atom. The van der Waals surface area contributed by atoms with Crippen molar-refractivity contribution < 1.29 is 89.4 Å². The van der Waals surface area contributed by atoms with Crippen molar-refractivity contribution in [2.75, 3.05) is 26.4 Å². The van der Waals surface area contributed by atoms with Gasteiger partial charge in [0.25, 0.3) is 0 Å². The van der Waals surface area contributed by atoms with Gasteiger partial charge in [0.05, 0.1) is 38.6 Å². The van der Waals surface area contributed by atoms with Crippen LogP contribution in [0.15, 0.2) is 134 Å². The highest BCUT2D eigenvalue weighted by Crippen LogP contribution is 2.34. The molecule has 17 unspecified atom stereocenters. The van der Waals surface area contributed by atoms with Crippen LogP contribution in [0.3, 0.4) is 0 Å². The molecular formula is C98H169NO18. The molecule has 17 atom stereocenters. The van der Waals surface area contributed by atoms with Gasteiger partial charge in [-0.3, -0.25) is 4.79 Å². The topological polar surface area (TPSA) is 307 Å². The molecule has 0 aliphatic carbocycles. The highest BCUT2D eigenvalue weighted by molar-refractivity contribution is 5.76. The van der Waals surface area contributed by atoms with E-state index in [0.717, 1.165) is 96.3 Å². The third kappa shape index (κ3) is 53.6. The van der Waals surface area contributed by atoms with E-state index in [1.54, 1.807) is 6.08 Å². The fourth-order valence-electron chi connectivity index (χ4n) is 15.0. The molecule has 1 amide bonds. The summed E-state index contributed by atoms with van der Waals surface area (Å²) in [6.07, 6.45) is 83.2. The van der Waals surface area contributed by atoms with E-state index < -0.39 is 124 Å². The number of hydrogen-bond acceptors (Lipinski definition) is 18. The average molecular weight is 1650 g/mol. The van der Waals surface area contributed by atoms with Gasteiger partial charge in [0.1, 0.15) is 73.2 Å². The van der Waals surface area contributed by atoms with Crippen LogP contribution < -0.4 is 5.32 Å². The van der Waals surface area contributed by atoms with Crippen molar-refractivity contribution >= 4 is 5.91 Å².